The molecule has 1 unspecified atom stereocenters. The fraction of sp³-hybridized carbons (Fsp3) is 0.467. The quantitative estimate of drug-likeness (QED) is 0.822. The van der Waals surface area contributed by atoms with Crippen molar-refractivity contribution in [2.75, 3.05) is 5.32 Å². The van der Waals surface area contributed by atoms with Gasteiger partial charge in [0.05, 0.1) is 11.3 Å². The van der Waals surface area contributed by atoms with Crippen LogP contribution >= 0.6 is 11.8 Å². The number of carbonyl (C=O) groups is 1. The molecule has 1 aromatic heterocycles. The van der Waals surface area contributed by atoms with E-state index in [0.717, 1.165) is 12.8 Å². The Bertz CT molecular complexity index is 683. The minimum atomic E-state index is -0.332. The molecule has 1 amide bonds. The fourth-order valence-electron chi connectivity index (χ4n) is 2.16. The molecule has 0 saturated heterocycles. The Kier molecular flexibility index (Phi) is 4.61. The Balaban J connectivity index is 1.71. The molecule has 0 radical (unpaired) electrons. The van der Waals surface area contributed by atoms with Crippen LogP contribution in [0.5, 0.6) is 0 Å². The molecule has 8 heteroatoms. The standard InChI is InChI=1S/C15H18FN5OS/c1-9(2)13(14(22)17-11-5-3-10(16)4-6-11)23-15-18-19-20-21(15)12-7-8-12/h3-6,9,12-13H,7-8H2,1-2H3,(H,17,22). The normalized spacial score (nSPS) is 15.7. The minimum absolute atomic E-state index is 0.102. The van der Waals surface area contributed by atoms with Gasteiger partial charge in [-0.15, -0.1) is 5.10 Å². The summed E-state index contributed by atoms with van der Waals surface area (Å²) in [6.07, 6.45) is 2.15. The first-order chi connectivity index (χ1) is 11.0. The third-order valence-corrected chi connectivity index (χ3v) is 5.06. The number of aromatic nitrogens is 4. The van der Waals surface area contributed by atoms with Crippen molar-refractivity contribution in [3.05, 3.63) is 30.1 Å². The Hall–Kier alpha value is -1.96. The van der Waals surface area contributed by atoms with E-state index in [2.05, 4.69) is 20.8 Å². The number of halogens is 1. The molecule has 0 aliphatic heterocycles. The Morgan fingerprint density at radius 3 is 2.65 bits per heavy atom. The molecule has 0 spiro atoms. The molecule has 2 aromatic rings. The number of benzene rings is 1. The molecule has 0 bridgehead atoms. The number of carbonyl (C=O) groups excluding carboxylic acids is 1. The van der Waals surface area contributed by atoms with E-state index in [4.69, 9.17) is 0 Å². The van der Waals surface area contributed by atoms with Gasteiger partial charge in [-0.05, 0) is 53.5 Å². The van der Waals surface area contributed by atoms with E-state index >= 15 is 0 Å². The van der Waals surface area contributed by atoms with Gasteiger partial charge in [-0.25, -0.2) is 9.07 Å². The molecule has 1 atom stereocenters. The zero-order valence-corrected chi connectivity index (χ0v) is 13.8. The van der Waals surface area contributed by atoms with Crippen LogP contribution < -0.4 is 5.32 Å². The van der Waals surface area contributed by atoms with Crippen LogP contribution in [0.1, 0.15) is 32.7 Å². The molecular formula is C15H18FN5OS. The number of nitrogens with zero attached hydrogens (tertiary/aromatic N) is 4. The number of tetrazole rings is 1. The maximum Gasteiger partial charge on any atom is 0.238 e. The van der Waals surface area contributed by atoms with Gasteiger partial charge in [0.15, 0.2) is 0 Å². The van der Waals surface area contributed by atoms with Crippen LogP contribution in [0, 0.1) is 11.7 Å². The lowest BCUT2D eigenvalue weighted by Gasteiger charge is -2.19. The predicted molar refractivity (Wildman–Crippen MR) is 85.6 cm³/mol. The van der Waals surface area contributed by atoms with Crippen molar-refractivity contribution in [3.8, 4) is 0 Å². The van der Waals surface area contributed by atoms with E-state index in [0.29, 0.717) is 16.9 Å². The molecule has 1 fully saturated rings. The second-order valence-electron chi connectivity index (χ2n) is 5.92. The highest BCUT2D eigenvalue weighted by molar-refractivity contribution is 8.00. The van der Waals surface area contributed by atoms with Crippen LogP contribution in [0.25, 0.3) is 0 Å². The second-order valence-corrected chi connectivity index (χ2v) is 7.02. The van der Waals surface area contributed by atoms with Crippen molar-refractivity contribution in [1.29, 1.82) is 0 Å². The summed E-state index contributed by atoms with van der Waals surface area (Å²) in [5, 5.41) is 14.9. The summed E-state index contributed by atoms with van der Waals surface area (Å²) in [5.41, 5.74) is 0.574. The topological polar surface area (TPSA) is 72.7 Å². The summed E-state index contributed by atoms with van der Waals surface area (Å²) in [7, 11) is 0. The highest BCUT2D eigenvalue weighted by Gasteiger charge is 2.31. The number of anilines is 1. The first-order valence-electron chi connectivity index (χ1n) is 7.55. The van der Waals surface area contributed by atoms with Crippen molar-refractivity contribution >= 4 is 23.4 Å². The van der Waals surface area contributed by atoms with E-state index < -0.39 is 0 Å². The van der Waals surface area contributed by atoms with Crippen molar-refractivity contribution in [2.24, 2.45) is 5.92 Å². The summed E-state index contributed by atoms with van der Waals surface area (Å²) in [4.78, 5) is 12.6. The lowest BCUT2D eigenvalue weighted by molar-refractivity contribution is -0.116. The van der Waals surface area contributed by atoms with E-state index in [1.165, 1.54) is 23.9 Å². The highest BCUT2D eigenvalue weighted by atomic mass is 32.2. The molecule has 122 valence electrons. The number of hydrogen-bond donors (Lipinski definition) is 1. The van der Waals surface area contributed by atoms with Crippen LogP contribution in [0.3, 0.4) is 0 Å². The lowest BCUT2D eigenvalue weighted by atomic mass is 10.1. The molecule has 1 N–H and O–H groups in total. The Labute approximate surface area is 137 Å². The van der Waals surface area contributed by atoms with E-state index in [9.17, 15) is 9.18 Å². The van der Waals surface area contributed by atoms with Crippen molar-refractivity contribution in [2.45, 2.75) is 43.1 Å². The molecule has 1 aliphatic carbocycles. The molecule has 23 heavy (non-hydrogen) atoms. The largest absolute Gasteiger partial charge is 0.325 e. The molecule has 3 rings (SSSR count). The number of thioether (sulfide) groups is 1. The van der Waals surface area contributed by atoms with Gasteiger partial charge in [0, 0.05) is 5.69 Å². The minimum Gasteiger partial charge on any atom is -0.325 e. The number of hydrogen-bond acceptors (Lipinski definition) is 5. The third kappa shape index (κ3) is 3.87. The van der Waals surface area contributed by atoms with Gasteiger partial charge in [-0.1, -0.05) is 25.6 Å². The van der Waals surface area contributed by atoms with Crippen LogP contribution in [-0.2, 0) is 4.79 Å². The van der Waals surface area contributed by atoms with Gasteiger partial charge in [-0.2, -0.15) is 0 Å². The lowest BCUT2D eigenvalue weighted by Crippen LogP contribution is -2.30. The summed E-state index contributed by atoms with van der Waals surface area (Å²) in [5.74, 6) is -0.367. The van der Waals surface area contributed by atoms with Gasteiger partial charge in [0.1, 0.15) is 5.82 Å². The first kappa shape index (κ1) is 15.9. The summed E-state index contributed by atoms with van der Waals surface area (Å²) in [6, 6.07) is 6.09. The van der Waals surface area contributed by atoms with Gasteiger partial charge >= 0.3 is 0 Å². The smallest absolute Gasteiger partial charge is 0.238 e. The molecule has 1 aliphatic rings. The average molecular weight is 335 g/mol. The number of amides is 1. The SMILES string of the molecule is CC(C)C(Sc1nnnn1C1CC1)C(=O)Nc1ccc(F)cc1. The molecule has 1 saturated carbocycles. The van der Waals surface area contributed by atoms with Crippen molar-refractivity contribution in [3.63, 3.8) is 0 Å². The van der Waals surface area contributed by atoms with E-state index in [1.54, 1.807) is 16.8 Å². The molecule has 1 aromatic carbocycles. The Morgan fingerprint density at radius 1 is 1.35 bits per heavy atom. The van der Waals surface area contributed by atoms with Crippen molar-refractivity contribution in [1.82, 2.24) is 20.2 Å². The maximum absolute atomic E-state index is 12.9. The maximum atomic E-state index is 12.9. The van der Waals surface area contributed by atoms with E-state index in [-0.39, 0.29) is 22.9 Å². The predicted octanol–water partition coefficient (Wildman–Crippen LogP) is 2.90. The van der Waals surface area contributed by atoms with Gasteiger partial charge in [-0.3, -0.25) is 4.79 Å². The summed E-state index contributed by atoms with van der Waals surface area (Å²) < 4.78 is 14.7. The number of rotatable bonds is 6. The van der Waals surface area contributed by atoms with Gasteiger partial charge in [0.2, 0.25) is 11.1 Å². The average Bonchev–Trinajstić information content (AvgIpc) is 3.25. The monoisotopic (exact) mass is 335 g/mol. The zero-order valence-electron chi connectivity index (χ0n) is 12.9. The highest BCUT2D eigenvalue weighted by Crippen LogP contribution is 2.38. The van der Waals surface area contributed by atoms with Crippen LogP contribution in [-0.4, -0.2) is 31.4 Å². The first-order valence-corrected chi connectivity index (χ1v) is 8.43. The third-order valence-electron chi connectivity index (χ3n) is 3.56. The summed E-state index contributed by atoms with van der Waals surface area (Å²) in [6.45, 7) is 3.96. The van der Waals surface area contributed by atoms with Crippen LogP contribution in [0.4, 0.5) is 10.1 Å². The Morgan fingerprint density at radius 2 is 2.04 bits per heavy atom. The van der Waals surface area contributed by atoms with E-state index in [1.807, 2.05) is 13.8 Å². The number of nitrogens with one attached hydrogen (secondary N) is 1. The molecule has 6 nitrogen and oxygen atoms in total. The van der Waals surface area contributed by atoms with Gasteiger partial charge in [0.25, 0.3) is 0 Å². The zero-order chi connectivity index (χ0) is 16.4. The second kappa shape index (κ2) is 6.66. The molecular weight excluding hydrogens is 317 g/mol. The summed E-state index contributed by atoms with van der Waals surface area (Å²) >= 11 is 1.37. The fourth-order valence-corrected chi connectivity index (χ4v) is 3.21. The van der Waals surface area contributed by atoms with Gasteiger partial charge < -0.3 is 5.32 Å². The van der Waals surface area contributed by atoms with Crippen molar-refractivity contribution < 1.29 is 9.18 Å². The van der Waals surface area contributed by atoms with Crippen LogP contribution in [0.15, 0.2) is 29.4 Å². The molecule has 1 heterocycles. The van der Waals surface area contributed by atoms with Crippen LogP contribution in [0.2, 0.25) is 0 Å².